The molecule has 0 amide bonds. The number of benzene rings is 1. The first-order valence-corrected chi connectivity index (χ1v) is 11.3. The number of carbonyl (C=O) groups excluding carboxylic acids is 1. The van der Waals surface area contributed by atoms with Gasteiger partial charge in [-0.2, -0.15) is 0 Å². The van der Waals surface area contributed by atoms with E-state index >= 15 is 0 Å². The van der Waals surface area contributed by atoms with Crippen molar-refractivity contribution in [3.63, 3.8) is 0 Å². The second-order valence-corrected chi connectivity index (χ2v) is 11.7. The number of hydrogen-bond acceptors (Lipinski definition) is 3. The fourth-order valence-electron chi connectivity index (χ4n) is 4.36. The summed E-state index contributed by atoms with van der Waals surface area (Å²) in [6.45, 7) is 15.8. The number of allylic oxidation sites excluding steroid dienone is 4. The maximum absolute atomic E-state index is 13.6. The van der Waals surface area contributed by atoms with E-state index in [-0.39, 0.29) is 16.6 Å². The molecule has 2 N–H and O–H groups in total. The van der Waals surface area contributed by atoms with Gasteiger partial charge >= 0.3 is 0 Å². The largest absolute Gasteiger partial charge is 0.507 e. The Kier molecular flexibility index (Phi) is 5.99. The zero-order chi connectivity index (χ0) is 22.6. The van der Waals surface area contributed by atoms with Crippen molar-refractivity contribution in [2.24, 2.45) is 5.41 Å². The fourth-order valence-corrected chi connectivity index (χ4v) is 4.86. The average molecular weight is 450 g/mol. The maximum atomic E-state index is 13.6. The van der Waals surface area contributed by atoms with Crippen molar-refractivity contribution in [2.45, 2.75) is 72.1 Å². The van der Waals surface area contributed by atoms with Crippen LogP contribution >= 0.6 is 23.2 Å². The Morgan fingerprint density at radius 2 is 1.53 bits per heavy atom. The van der Waals surface area contributed by atoms with Crippen molar-refractivity contribution in [2.75, 3.05) is 13.1 Å². The van der Waals surface area contributed by atoms with Gasteiger partial charge in [-0.3, -0.25) is 4.79 Å². The number of halogens is 2. The number of Topliss-reactive ketones (excluding diaryl/α,β-unsaturated/α-hetero) is 1. The van der Waals surface area contributed by atoms with Crippen molar-refractivity contribution in [3.05, 3.63) is 50.0 Å². The minimum absolute atomic E-state index is 0.0870. The summed E-state index contributed by atoms with van der Waals surface area (Å²) in [5.41, 5.74) is 3.54. The topological polar surface area (TPSA) is 49.3 Å². The zero-order valence-electron chi connectivity index (χ0n) is 19.1. The molecule has 0 radical (unpaired) electrons. The van der Waals surface area contributed by atoms with Crippen molar-refractivity contribution >= 4 is 29.0 Å². The first-order chi connectivity index (χ1) is 13.7. The molecule has 1 aliphatic heterocycles. The quantitative estimate of drug-likeness (QED) is 0.583. The summed E-state index contributed by atoms with van der Waals surface area (Å²) in [4.78, 5) is 13.6. The molecule has 30 heavy (non-hydrogen) atoms. The highest BCUT2D eigenvalue weighted by Crippen LogP contribution is 2.44. The molecule has 0 atom stereocenters. The molecule has 1 aromatic carbocycles. The van der Waals surface area contributed by atoms with Gasteiger partial charge in [-0.1, -0.05) is 76.9 Å². The lowest BCUT2D eigenvalue weighted by Gasteiger charge is -2.42. The summed E-state index contributed by atoms with van der Waals surface area (Å²) < 4.78 is 0. The Labute approximate surface area is 190 Å². The van der Waals surface area contributed by atoms with E-state index in [2.05, 4.69) is 59.0 Å². The molecule has 0 unspecified atom stereocenters. The van der Waals surface area contributed by atoms with E-state index in [1.807, 2.05) is 6.92 Å². The molecule has 1 fully saturated rings. The molecule has 3 nitrogen and oxygen atoms in total. The minimum Gasteiger partial charge on any atom is -0.507 e. The summed E-state index contributed by atoms with van der Waals surface area (Å²) in [5.74, 6) is 0.447. The van der Waals surface area contributed by atoms with E-state index < -0.39 is 5.41 Å². The molecule has 0 aromatic heterocycles. The monoisotopic (exact) mass is 449 g/mol. The third kappa shape index (κ3) is 4.09. The van der Waals surface area contributed by atoms with Crippen molar-refractivity contribution in [3.8, 4) is 5.75 Å². The Morgan fingerprint density at radius 1 is 1.03 bits per heavy atom. The highest BCUT2D eigenvalue weighted by Gasteiger charge is 2.47. The van der Waals surface area contributed by atoms with Gasteiger partial charge in [0.15, 0.2) is 5.78 Å². The molecular formula is C25H33Cl2NO2. The fraction of sp³-hybridized carbons (Fsp3) is 0.560. The number of carbonyl (C=O) groups is 1. The van der Waals surface area contributed by atoms with E-state index in [4.69, 9.17) is 23.2 Å². The molecule has 1 saturated heterocycles. The molecule has 2 aliphatic rings. The number of phenols is 1. The van der Waals surface area contributed by atoms with Gasteiger partial charge in [0.2, 0.25) is 0 Å². The van der Waals surface area contributed by atoms with Gasteiger partial charge in [0, 0.05) is 18.7 Å². The standard InChI is InChI=1S/C25H33Cl2NO2/c1-14-8-16(20(27)19(14)26)22(30)25(12-28-13-25)11-15-9-17(23(2,3)4)21(29)18(10-15)24(5,6)7/h9-10,28-29H,8,11-13H2,1-7H3. The SMILES string of the molecule is CC1=C(Cl)C(Cl)=C(C(=O)C2(Cc3cc(C(C)(C)C)c(O)c(C(C)(C)C)c3)CNC2)C1. The lowest BCUT2D eigenvalue weighted by atomic mass is 9.69. The highest BCUT2D eigenvalue weighted by molar-refractivity contribution is 6.46. The minimum atomic E-state index is -0.529. The van der Waals surface area contributed by atoms with E-state index in [0.717, 1.165) is 22.3 Å². The van der Waals surface area contributed by atoms with Crippen molar-refractivity contribution in [1.82, 2.24) is 5.32 Å². The van der Waals surface area contributed by atoms with Crippen LogP contribution in [0.3, 0.4) is 0 Å². The zero-order valence-corrected chi connectivity index (χ0v) is 20.6. The molecule has 0 bridgehead atoms. The Balaban J connectivity index is 2.03. The number of phenolic OH excluding ortho intramolecular Hbond substituents is 1. The second-order valence-electron chi connectivity index (χ2n) is 11.0. The lowest BCUT2D eigenvalue weighted by Crippen LogP contribution is -2.59. The molecule has 1 aromatic rings. The number of nitrogens with one attached hydrogen (secondary N) is 1. The number of ketones is 1. The number of aromatic hydroxyl groups is 1. The first-order valence-electron chi connectivity index (χ1n) is 10.5. The normalized spacial score (nSPS) is 19.4. The Bertz CT molecular complexity index is 919. The van der Waals surface area contributed by atoms with Crippen LogP contribution in [0.1, 0.15) is 71.6 Å². The van der Waals surface area contributed by atoms with Crippen LogP contribution in [0.5, 0.6) is 5.75 Å². The summed E-state index contributed by atoms with van der Waals surface area (Å²) in [7, 11) is 0. The van der Waals surface area contributed by atoms with Crippen LogP contribution in [0.25, 0.3) is 0 Å². The van der Waals surface area contributed by atoms with Gasteiger partial charge < -0.3 is 10.4 Å². The predicted octanol–water partition coefficient (Wildman–Crippen LogP) is 6.10. The number of hydrogen-bond donors (Lipinski definition) is 2. The van der Waals surface area contributed by atoms with Crippen LogP contribution in [0.2, 0.25) is 0 Å². The molecule has 1 heterocycles. The molecule has 5 heteroatoms. The molecule has 3 rings (SSSR count). The van der Waals surface area contributed by atoms with Crippen molar-refractivity contribution in [1.29, 1.82) is 0 Å². The van der Waals surface area contributed by atoms with E-state index in [0.29, 0.717) is 47.3 Å². The van der Waals surface area contributed by atoms with E-state index in [1.165, 1.54) is 0 Å². The lowest BCUT2D eigenvalue weighted by molar-refractivity contribution is -0.127. The van der Waals surface area contributed by atoms with Crippen LogP contribution in [-0.2, 0) is 22.0 Å². The van der Waals surface area contributed by atoms with Crippen LogP contribution in [0, 0.1) is 5.41 Å². The van der Waals surface area contributed by atoms with Crippen LogP contribution < -0.4 is 5.32 Å². The van der Waals surface area contributed by atoms with Crippen molar-refractivity contribution < 1.29 is 9.90 Å². The third-order valence-corrected chi connectivity index (χ3v) is 7.31. The summed E-state index contributed by atoms with van der Waals surface area (Å²) >= 11 is 12.7. The second kappa shape index (κ2) is 7.69. The highest BCUT2D eigenvalue weighted by atomic mass is 35.5. The summed E-state index contributed by atoms with van der Waals surface area (Å²) in [6.07, 6.45) is 1.13. The Morgan fingerprint density at radius 3 is 1.87 bits per heavy atom. The smallest absolute Gasteiger partial charge is 0.169 e. The molecular weight excluding hydrogens is 417 g/mol. The van der Waals surface area contributed by atoms with E-state index in [1.54, 1.807) is 0 Å². The molecule has 0 spiro atoms. The Hall–Kier alpha value is -1.29. The summed E-state index contributed by atoms with van der Waals surface area (Å²) in [5, 5.41) is 15.2. The average Bonchev–Trinajstić information content (AvgIpc) is 2.84. The number of rotatable bonds is 4. The maximum Gasteiger partial charge on any atom is 0.169 e. The van der Waals surface area contributed by atoms with Gasteiger partial charge in [0.25, 0.3) is 0 Å². The predicted molar refractivity (Wildman–Crippen MR) is 126 cm³/mol. The van der Waals surface area contributed by atoms with Crippen LogP contribution in [-0.4, -0.2) is 24.0 Å². The van der Waals surface area contributed by atoms with Gasteiger partial charge in [-0.05, 0) is 52.9 Å². The first kappa shape index (κ1) is 23.4. The van der Waals surface area contributed by atoms with Gasteiger partial charge in [0.1, 0.15) is 5.75 Å². The third-order valence-electron chi connectivity index (χ3n) is 6.29. The van der Waals surface area contributed by atoms with Crippen LogP contribution in [0.4, 0.5) is 0 Å². The molecule has 1 aliphatic carbocycles. The van der Waals surface area contributed by atoms with Gasteiger partial charge in [-0.15, -0.1) is 0 Å². The molecule has 0 saturated carbocycles. The van der Waals surface area contributed by atoms with Gasteiger partial charge in [0.05, 0.1) is 15.5 Å². The summed E-state index contributed by atoms with van der Waals surface area (Å²) in [6, 6.07) is 4.14. The van der Waals surface area contributed by atoms with E-state index in [9.17, 15) is 9.90 Å². The molecule has 164 valence electrons. The van der Waals surface area contributed by atoms with Crippen LogP contribution in [0.15, 0.2) is 33.3 Å². The van der Waals surface area contributed by atoms with Gasteiger partial charge in [-0.25, -0.2) is 0 Å².